The van der Waals surface area contributed by atoms with Gasteiger partial charge in [-0.1, -0.05) is 28.1 Å². The third-order valence-electron chi connectivity index (χ3n) is 3.18. The van der Waals surface area contributed by atoms with Crippen LogP contribution in [0.2, 0.25) is 0 Å². The fourth-order valence-corrected chi connectivity index (χ4v) is 2.23. The average Bonchev–Trinajstić information content (AvgIpc) is 3.07. The minimum atomic E-state index is 0. The highest BCUT2D eigenvalue weighted by molar-refractivity contribution is 14.0. The molecule has 24 heavy (non-hydrogen) atoms. The Balaban J connectivity index is 0.00000288. The Morgan fingerprint density at radius 1 is 1.17 bits per heavy atom. The van der Waals surface area contributed by atoms with Crippen LogP contribution in [0.5, 0.6) is 0 Å². The molecule has 0 amide bonds. The number of halogens is 2. The van der Waals surface area contributed by atoms with Crippen LogP contribution in [0.3, 0.4) is 0 Å². The van der Waals surface area contributed by atoms with Crippen LogP contribution in [-0.4, -0.2) is 32.8 Å². The van der Waals surface area contributed by atoms with Gasteiger partial charge in [-0.05, 0) is 29.8 Å². The van der Waals surface area contributed by atoms with Gasteiger partial charge in [0.15, 0.2) is 5.96 Å². The van der Waals surface area contributed by atoms with Crippen molar-refractivity contribution in [1.29, 1.82) is 0 Å². The Bertz CT molecular complexity index is 588. The molecule has 0 atom stereocenters. The standard InChI is InChI=1S/C17H22BrN3O2.HI/c1-22-12-10-20-17(19-9-8-16-3-2-11-23-16)21-13-14-4-6-15(18)7-5-14;/h2-7,11H,8-10,12-13H2,1H3,(H2,19,20,21);1H. The van der Waals surface area contributed by atoms with E-state index in [1.165, 1.54) is 0 Å². The number of guanidine groups is 1. The molecule has 1 aromatic carbocycles. The van der Waals surface area contributed by atoms with Gasteiger partial charge in [-0.2, -0.15) is 0 Å². The number of nitrogens with zero attached hydrogens (tertiary/aromatic N) is 1. The molecule has 0 saturated carbocycles. The highest BCUT2D eigenvalue weighted by atomic mass is 127. The number of ether oxygens (including phenoxy) is 1. The first-order valence-electron chi connectivity index (χ1n) is 7.56. The van der Waals surface area contributed by atoms with Crippen LogP contribution in [-0.2, 0) is 17.7 Å². The molecule has 0 unspecified atom stereocenters. The first kappa shape index (κ1) is 21.0. The summed E-state index contributed by atoms with van der Waals surface area (Å²) in [6.45, 7) is 2.73. The zero-order valence-corrected chi connectivity index (χ0v) is 17.5. The van der Waals surface area contributed by atoms with Gasteiger partial charge in [0.2, 0.25) is 0 Å². The predicted octanol–water partition coefficient (Wildman–Crippen LogP) is 3.58. The van der Waals surface area contributed by atoms with E-state index in [-0.39, 0.29) is 24.0 Å². The zero-order valence-electron chi connectivity index (χ0n) is 13.6. The number of hydrogen-bond donors (Lipinski definition) is 2. The van der Waals surface area contributed by atoms with Gasteiger partial charge < -0.3 is 19.8 Å². The average molecular weight is 508 g/mol. The number of methoxy groups -OCH3 is 1. The number of rotatable bonds is 8. The Morgan fingerprint density at radius 3 is 2.58 bits per heavy atom. The molecule has 0 radical (unpaired) electrons. The van der Waals surface area contributed by atoms with Gasteiger partial charge in [-0.15, -0.1) is 24.0 Å². The summed E-state index contributed by atoms with van der Waals surface area (Å²) in [5.41, 5.74) is 1.16. The predicted molar refractivity (Wildman–Crippen MR) is 111 cm³/mol. The van der Waals surface area contributed by atoms with Crippen LogP contribution >= 0.6 is 39.9 Å². The molecule has 2 rings (SSSR count). The molecule has 2 aromatic rings. The Kier molecular flexibility index (Phi) is 10.8. The molecule has 0 saturated heterocycles. The third-order valence-corrected chi connectivity index (χ3v) is 3.70. The fourth-order valence-electron chi connectivity index (χ4n) is 1.96. The molecule has 2 N–H and O–H groups in total. The van der Waals surface area contributed by atoms with Gasteiger partial charge in [0.1, 0.15) is 5.76 Å². The maximum atomic E-state index is 5.33. The first-order chi connectivity index (χ1) is 11.3. The van der Waals surface area contributed by atoms with Crippen LogP contribution in [0.4, 0.5) is 0 Å². The smallest absolute Gasteiger partial charge is 0.191 e. The maximum absolute atomic E-state index is 5.33. The van der Waals surface area contributed by atoms with Gasteiger partial charge in [-0.25, -0.2) is 4.99 Å². The molecule has 0 aliphatic rings. The topological polar surface area (TPSA) is 58.8 Å². The summed E-state index contributed by atoms with van der Waals surface area (Å²) in [4.78, 5) is 4.61. The van der Waals surface area contributed by atoms with E-state index in [9.17, 15) is 0 Å². The molecule has 7 heteroatoms. The van der Waals surface area contributed by atoms with Crippen molar-refractivity contribution in [2.45, 2.75) is 13.0 Å². The largest absolute Gasteiger partial charge is 0.469 e. The lowest BCUT2D eigenvalue weighted by Gasteiger charge is -2.12. The lowest BCUT2D eigenvalue weighted by molar-refractivity contribution is 0.203. The molecule has 132 valence electrons. The first-order valence-corrected chi connectivity index (χ1v) is 8.35. The van der Waals surface area contributed by atoms with E-state index in [0.717, 1.165) is 34.7 Å². The van der Waals surface area contributed by atoms with Crippen LogP contribution in [0.15, 0.2) is 56.5 Å². The van der Waals surface area contributed by atoms with Crippen molar-refractivity contribution in [3.8, 4) is 0 Å². The number of aliphatic imine (C=N–C) groups is 1. The summed E-state index contributed by atoms with van der Waals surface area (Å²) >= 11 is 3.44. The van der Waals surface area contributed by atoms with E-state index in [0.29, 0.717) is 19.7 Å². The van der Waals surface area contributed by atoms with E-state index in [1.54, 1.807) is 13.4 Å². The van der Waals surface area contributed by atoms with Crippen LogP contribution in [0.1, 0.15) is 11.3 Å². The lowest BCUT2D eigenvalue weighted by Crippen LogP contribution is -2.40. The molecule has 0 spiro atoms. The molecular formula is C17H23BrIN3O2. The molecule has 0 fully saturated rings. The SMILES string of the molecule is COCCNC(=NCc1ccc(Br)cc1)NCCc1ccco1.I. The van der Waals surface area contributed by atoms with Crippen LogP contribution < -0.4 is 10.6 Å². The number of furan rings is 1. The van der Waals surface area contributed by atoms with Crippen molar-refractivity contribution < 1.29 is 9.15 Å². The second-order valence-electron chi connectivity index (χ2n) is 4.97. The Labute approximate surface area is 168 Å². The quantitative estimate of drug-likeness (QED) is 0.248. The van der Waals surface area contributed by atoms with Crippen molar-refractivity contribution in [2.75, 3.05) is 26.8 Å². The summed E-state index contributed by atoms with van der Waals surface area (Å²) in [6, 6.07) is 12.0. The van der Waals surface area contributed by atoms with Crippen molar-refractivity contribution in [1.82, 2.24) is 10.6 Å². The molecule has 1 aromatic heterocycles. The minimum absolute atomic E-state index is 0. The third kappa shape index (κ3) is 8.16. The van der Waals surface area contributed by atoms with Gasteiger partial charge in [0.05, 0.1) is 19.4 Å². The summed E-state index contributed by atoms with van der Waals surface area (Å²) in [6.07, 6.45) is 2.50. The molecule has 0 aliphatic carbocycles. The van der Waals surface area contributed by atoms with Crippen molar-refractivity contribution in [2.24, 2.45) is 4.99 Å². The van der Waals surface area contributed by atoms with E-state index < -0.39 is 0 Å². The number of nitrogens with one attached hydrogen (secondary N) is 2. The van der Waals surface area contributed by atoms with E-state index in [4.69, 9.17) is 9.15 Å². The molecular weight excluding hydrogens is 485 g/mol. The van der Waals surface area contributed by atoms with Gasteiger partial charge in [-0.3, -0.25) is 0 Å². The Hall–Kier alpha value is -1.06. The molecule has 5 nitrogen and oxygen atoms in total. The number of hydrogen-bond acceptors (Lipinski definition) is 3. The van der Waals surface area contributed by atoms with E-state index in [2.05, 4.69) is 43.7 Å². The monoisotopic (exact) mass is 507 g/mol. The second-order valence-corrected chi connectivity index (χ2v) is 5.88. The van der Waals surface area contributed by atoms with E-state index in [1.807, 2.05) is 24.3 Å². The number of benzene rings is 1. The van der Waals surface area contributed by atoms with Gasteiger partial charge in [0.25, 0.3) is 0 Å². The molecule has 1 heterocycles. The lowest BCUT2D eigenvalue weighted by atomic mass is 10.2. The highest BCUT2D eigenvalue weighted by Gasteiger charge is 2.00. The highest BCUT2D eigenvalue weighted by Crippen LogP contribution is 2.11. The molecule has 0 bridgehead atoms. The minimum Gasteiger partial charge on any atom is -0.469 e. The van der Waals surface area contributed by atoms with Crippen molar-refractivity contribution in [3.63, 3.8) is 0 Å². The summed E-state index contributed by atoms with van der Waals surface area (Å²) < 4.78 is 11.5. The van der Waals surface area contributed by atoms with Crippen LogP contribution in [0, 0.1) is 0 Å². The fraction of sp³-hybridized carbons (Fsp3) is 0.353. The second kappa shape index (κ2) is 12.3. The summed E-state index contributed by atoms with van der Waals surface area (Å²) in [7, 11) is 1.69. The van der Waals surface area contributed by atoms with Gasteiger partial charge >= 0.3 is 0 Å². The Morgan fingerprint density at radius 2 is 1.92 bits per heavy atom. The molecule has 0 aliphatic heterocycles. The van der Waals surface area contributed by atoms with Crippen LogP contribution in [0.25, 0.3) is 0 Å². The summed E-state index contributed by atoms with van der Waals surface area (Å²) in [5, 5.41) is 6.57. The van der Waals surface area contributed by atoms with E-state index >= 15 is 0 Å². The summed E-state index contributed by atoms with van der Waals surface area (Å²) in [5.74, 6) is 1.73. The zero-order chi connectivity index (χ0) is 16.3. The van der Waals surface area contributed by atoms with Gasteiger partial charge in [0, 0.05) is 31.1 Å². The van der Waals surface area contributed by atoms with Crippen molar-refractivity contribution >= 4 is 45.9 Å². The normalized spacial score (nSPS) is 11.0. The maximum Gasteiger partial charge on any atom is 0.191 e. The van der Waals surface area contributed by atoms with Crippen molar-refractivity contribution in [3.05, 3.63) is 58.5 Å².